The number of aliphatic hydroxyl groups is 2. The van der Waals surface area contributed by atoms with E-state index in [2.05, 4.69) is 30.6 Å². The predicted octanol–water partition coefficient (Wildman–Crippen LogP) is 5.78. The molecule has 0 radical (unpaired) electrons. The fourth-order valence-corrected chi connectivity index (χ4v) is 7.39. The highest BCUT2D eigenvalue weighted by atomic mass is 16.3. The molecular weight excluding hydrogens is 382 g/mol. The van der Waals surface area contributed by atoms with E-state index in [1.807, 2.05) is 13.8 Å². The van der Waals surface area contributed by atoms with Crippen LogP contribution in [0.4, 0.5) is 0 Å². The van der Waals surface area contributed by atoms with Crippen LogP contribution >= 0.6 is 0 Å². The van der Waals surface area contributed by atoms with E-state index >= 15 is 0 Å². The van der Waals surface area contributed by atoms with E-state index in [1.54, 1.807) is 5.57 Å². The van der Waals surface area contributed by atoms with Crippen molar-refractivity contribution in [1.82, 2.24) is 4.90 Å². The Morgan fingerprint density at radius 2 is 1.94 bits per heavy atom. The molecule has 174 valence electrons. The Bertz CT molecular complexity index is 730. The maximum atomic E-state index is 10.6. The molecule has 2 N–H and O–H groups in total. The molecule has 4 rings (SSSR count). The zero-order valence-corrected chi connectivity index (χ0v) is 20.2. The van der Waals surface area contributed by atoms with E-state index in [0.717, 1.165) is 56.2 Å². The summed E-state index contributed by atoms with van der Waals surface area (Å²) in [5.41, 5.74) is 3.90. The zero-order valence-electron chi connectivity index (χ0n) is 20.2. The Morgan fingerprint density at radius 3 is 2.68 bits per heavy atom. The fraction of sp³-hybridized carbons (Fsp3) is 0.786. The van der Waals surface area contributed by atoms with E-state index in [9.17, 15) is 10.2 Å². The van der Waals surface area contributed by atoms with E-state index in [1.165, 1.54) is 50.5 Å². The molecule has 0 amide bonds. The average Bonchev–Trinajstić information content (AvgIpc) is 3.31. The predicted molar refractivity (Wildman–Crippen MR) is 129 cm³/mol. The maximum Gasteiger partial charge on any atom is 0.0784 e. The molecule has 0 aromatic rings. The van der Waals surface area contributed by atoms with Crippen LogP contribution < -0.4 is 0 Å². The van der Waals surface area contributed by atoms with Crippen molar-refractivity contribution in [1.29, 1.82) is 0 Å². The molecule has 0 aromatic carbocycles. The van der Waals surface area contributed by atoms with E-state index in [0.29, 0.717) is 11.5 Å². The standard InChI is InChI=1S/C28H45NO2/c1-20-9-10-21(19-25(20)30)11-12-22-7-5-16-28(4)23(13-14-24(22)28)15-18-29-17-6-8-26(29)27(2,3)31/h11-12,23-26,30-31H,1,5-10,13-19H2,2-4H3/b21-11-,22-12+/t23-,24?,25?,26?,28-/m1/s1. The molecule has 0 aromatic heterocycles. The van der Waals surface area contributed by atoms with Crippen LogP contribution in [0.2, 0.25) is 0 Å². The van der Waals surface area contributed by atoms with Crippen molar-refractivity contribution in [2.45, 2.75) is 109 Å². The molecule has 3 aliphatic carbocycles. The summed E-state index contributed by atoms with van der Waals surface area (Å²) < 4.78 is 0. The monoisotopic (exact) mass is 427 g/mol. The van der Waals surface area contributed by atoms with E-state index < -0.39 is 5.60 Å². The van der Waals surface area contributed by atoms with Crippen LogP contribution in [0.3, 0.4) is 0 Å². The minimum absolute atomic E-state index is 0.327. The lowest BCUT2D eigenvalue weighted by molar-refractivity contribution is -0.00619. The highest BCUT2D eigenvalue weighted by molar-refractivity contribution is 5.27. The minimum atomic E-state index is -0.591. The van der Waals surface area contributed by atoms with Gasteiger partial charge in [0.25, 0.3) is 0 Å². The second-order valence-corrected chi connectivity index (χ2v) is 11.8. The van der Waals surface area contributed by atoms with Crippen molar-refractivity contribution in [2.24, 2.45) is 17.3 Å². The number of likely N-dealkylation sites (tertiary alicyclic amines) is 1. The molecule has 0 spiro atoms. The van der Waals surface area contributed by atoms with Gasteiger partial charge in [-0.05, 0) is 120 Å². The molecule has 3 saturated carbocycles. The maximum absolute atomic E-state index is 10.6. The van der Waals surface area contributed by atoms with Gasteiger partial charge >= 0.3 is 0 Å². The third-order valence-corrected chi connectivity index (χ3v) is 9.33. The highest BCUT2D eigenvalue weighted by Crippen LogP contribution is 2.58. The van der Waals surface area contributed by atoms with Crippen LogP contribution in [0.25, 0.3) is 0 Å². The quantitative estimate of drug-likeness (QED) is 0.546. The van der Waals surface area contributed by atoms with Gasteiger partial charge in [-0.15, -0.1) is 0 Å². The molecule has 1 aliphatic heterocycles. The fourth-order valence-electron chi connectivity index (χ4n) is 7.39. The summed E-state index contributed by atoms with van der Waals surface area (Å²) in [6, 6.07) is 0.327. The Hall–Kier alpha value is -0.900. The first-order chi connectivity index (χ1) is 14.7. The van der Waals surface area contributed by atoms with Crippen LogP contribution in [0.15, 0.2) is 35.5 Å². The van der Waals surface area contributed by atoms with E-state index in [4.69, 9.17) is 0 Å². The van der Waals surface area contributed by atoms with Gasteiger partial charge in [0, 0.05) is 6.04 Å². The number of rotatable bonds is 5. The molecule has 3 nitrogen and oxygen atoms in total. The molecule has 5 atom stereocenters. The summed E-state index contributed by atoms with van der Waals surface area (Å²) in [6.45, 7) is 12.8. The van der Waals surface area contributed by atoms with Crippen molar-refractivity contribution in [3.8, 4) is 0 Å². The first kappa shape index (κ1) is 23.3. The lowest BCUT2D eigenvalue weighted by atomic mass is 9.63. The van der Waals surface area contributed by atoms with Crippen molar-refractivity contribution < 1.29 is 10.2 Å². The molecule has 1 heterocycles. The minimum Gasteiger partial charge on any atom is -0.389 e. The Morgan fingerprint density at radius 1 is 1.13 bits per heavy atom. The summed E-state index contributed by atoms with van der Waals surface area (Å²) >= 11 is 0. The molecule has 0 bridgehead atoms. The van der Waals surface area contributed by atoms with Gasteiger partial charge < -0.3 is 10.2 Å². The van der Waals surface area contributed by atoms with Crippen molar-refractivity contribution in [2.75, 3.05) is 13.1 Å². The molecule has 1 saturated heterocycles. The first-order valence-corrected chi connectivity index (χ1v) is 12.9. The summed E-state index contributed by atoms with van der Waals surface area (Å²) in [5.74, 6) is 1.53. The second-order valence-electron chi connectivity index (χ2n) is 11.8. The number of nitrogens with zero attached hydrogens (tertiary/aromatic N) is 1. The van der Waals surface area contributed by atoms with Gasteiger partial charge in [0.2, 0.25) is 0 Å². The third-order valence-electron chi connectivity index (χ3n) is 9.33. The van der Waals surface area contributed by atoms with Gasteiger partial charge in [-0.25, -0.2) is 0 Å². The van der Waals surface area contributed by atoms with E-state index in [-0.39, 0.29) is 6.10 Å². The molecule has 4 fully saturated rings. The van der Waals surface area contributed by atoms with Gasteiger partial charge in [0.15, 0.2) is 0 Å². The summed E-state index contributed by atoms with van der Waals surface area (Å²) in [4.78, 5) is 2.57. The van der Waals surface area contributed by atoms with Gasteiger partial charge in [0.05, 0.1) is 11.7 Å². The molecular formula is C28H45NO2. The van der Waals surface area contributed by atoms with Crippen molar-refractivity contribution in [3.05, 3.63) is 35.5 Å². The number of allylic oxidation sites excluding steroid dienone is 3. The molecule has 3 unspecified atom stereocenters. The van der Waals surface area contributed by atoms with Crippen molar-refractivity contribution in [3.63, 3.8) is 0 Å². The van der Waals surface area contributed by atoms with Crippen LogP contribution in [0.5, 0.6) is 0 Å². The van der Waals surface area contributed by atoms with Gasteiger partial charge in [-0.1, -0.05) is 36.8 Å². The topological polar surface area (TPSA) is 43.7 Å². The number of fused-ring (bicyclic) bond motifs is 1. The Balaban J connectivity index is 1.40. The Kier molecular flexibility index (Phi) is 6.87. The smallest absolute Gasteiger partial charge is 0.0784 e. The SMILES string of the molecule is C=C1CC/C(=C/C=C2\CCC[C@@]3(C)C2CC[C@@H]3CCN2CCCC2C(C)(C)O)CC1O. The summed E-state index contributed by atoms with van der Waals surface area (Å²) in [7, 11) is 0. The second kappa shape index (κ2) is 9.15. The van der Waals surface area contributed by atoms with Gasteiger partial charge in [-0.3, -0.25) is 4.90 Å². The summed E-state index contributed by atoms with van der Waals surface area (Å²) in [6.07, 6.45) is 17.4. The third kappa shape index (κ3) is 4.89. The van der Waals surface area contributed by atoms with Gasteiger partial charge in [-0.2, -0.15) is 0 Å². The molecule has 3 heteroatoms. The van der Waals surface area contributed by atoms with Gasteiger partial charge in [0.1, 0.15) is 0 Å². The number of aliphatic hydroxyl groups excluding tert-OH is 1. The lowest BCUT2D eigenvalue weighted by Gasteiger charge is -2.43. The number of hydrogen-bond donors (Lipinski definition) is 2. The Labute approximate surface area is 190 Å². The number of hydrogen-bond acceptors (Lipinski definition) is 3. The average molecular weight is 428 g/mol. The van der Waals surface area contributed by atoms with Crippen LogP contribution in [0, 0.1) is 17.3 Å². The highest BCUT2D eigenvalue weighted by Gasteiger charge is 2.49. The molecule has 31 heavy (non-hydrogen) atoms. The lowest BCUT2D eigenvalue weighted by Crippen LogP contribution is -2.46. The zero-order chi connectivity index (χ0) is 22.2. The van der Waals surface area contributed by atoms with Crippen LogP contribution in [-0.4, -0.2) is 45.9 Å². The molecule has 4 aliphatic rings. The largest absolute Gasteiger partial charge is 0.389 e. The van der Waals surface area contributed by atoms with Crippen LogP contribution in [0.1, 0.15) is 91.4 Å². The first-order valence-electron chi connectivity index (χ1n) is 12.9. The van der Waals surface area contributed by atoms with Crippen LogP contribution in [-0.2, 0) is 0 Å². The normalized spacial score (nSPS) is 40.1. The van der Waals surface area contributed by atoms with Crippen molar-refractivity contribution >= 4 is 0 Å². The summed E-state index contributed by atoms with van der Waals surface area (Å²) in [5, 5.41) is 20.7.